The van der Waals surface area contributed by atoms with Gasteiger partial charge < -0.3 is 5.32 Å². The van der Waals surface area contributed by atoms with Crippen LogP contribution in [0.3, 0.4) is 0 Å². The normalized spacial score (nSPS) is 13.3. The minimum atomic E-state index is -0.581. The molecule has 0 aromatic carbocycles. The zero-order valence-corrected chi connectivity index (χ0v) is 11.1. The number of carbonyl (C=O) groups excluding carboxylic acids is 1. The standard InChI is InChI=1S/C12H16ClFN2O/c1-7(12(2,3)4)16-11(17)9-5-8(14)6-15-10(9)13/h5-7H,1-4H3,(H,16,17). The molecule has 0 radical (unpaired) electrons. The molecule has 0 saturated carbocycles. The molecule has 5 heteroatoms. The van der Waals surface area contributed by atoms with E-state index in [-0.39, 0.29) is 22.2 Å². The van der Waals surface area contributed by atoms with Crippen LogP contribution in [-0.2, 0) is 0 Å². The van der Waals surface area contributed by atoms with Crippen LogP contribution in [0.4, 0.5) is 4.39 Å². The van der Waals surface area contributed by atoms with E-state index in [0.29, 0.717) is 0 Å². The molecule has 0 aliphatic rings. The zero-order chi connectivity index (χ0) is 13.2. The largest absolute Gasteiger partial charge is 0.349 e. The van der Waals surface area contributed by atoms with Gasteiger partial charge in [-0.3, -0.25) is 4.79 Å². The maximum atomic E-state index is 13.0. The molecule has 94 valence electrons. The SMILES string of the molecule is CC(NC(=O)c1cc(F)cnc1Cl)C(C)(C)C. The summed E-state index contributed by atoms with van der Waals surface area (Å²) in [5.74, 6) is -0.993. The number of carbonyl (C=O) groups is 1. The maximum Gasteiger partial charge on any atom is 0.254 e. The summed E-state index contributed by atoms with van der Waals surface area (Å²) in [4.78, 5) is 15.5. The summed E-state index contributed by atoms with van der Waals surface area (Å²) in [5.41, 5.74) is -0.0223. The second-order valence-electron chi connectivity index (χ2n) is 5.05. The molecule has 1 N–H and O–H groups in total. The first-order valence-corrected chi connectivity index (χ1v) is 5.71. The van der Waals surface area contributed by atoms with Crippen LogP contribution in [-0.4, -0.2) is 16.9 Å². The Morgan fingerprint density at radius 1 is 1.53 bits per heavy atom. The molecule has 1 unspecified atom stereocenters. The van der Waals surface area contributed by atoms with Gasteiger partial charge in [0.1, 0.15) is 11.0 Å². The van der Waals surface area contributed by atoms with Crippen molar-refractivity contribution in [3.63, 3.8) is 0 Å². The van der Waals surface area contributed by atoms with Crippen molar-refractivity contribution >= 4 is 17.5 Å². The smallest absolute Gasteiger partial charge is 0.254 e. The van der Waals surface area contributed by atoms with Crippen molar-refractivity contribution < 1.29 is 9.18 Å². The molecule has 0 bridgehead atoms. The average Bonchev–Trinajstić information content (AvgIpc) is 2.20. The third-order valence-corrected chi connectivity index (χ3v) is 3.00. The molecule has 0 fully saturated rings. The highest BCUT2D eigenvalue weighted by atomic mass is 35.5. The molecule has 1 heterocycles. The van der Waals surface area contributed by atoms with E-state index in [0.717, 1.165) is 12.3 Å². The van der Waals surface area contributed by atoms with E-state index >= 15 is 0 Å². The van der Waals surface area contributed by atoms with Crippen molar-refractivity contribution in [2.45, 2.75) is 33.7 Å². The van der Waals surface area contributed by atoms with Crippen molar-refractivity contribution in [2.75, 3.05) is 0 Å². The average molecular weight is 259 g/mol. The maximum absolute atomic E-state index is 13.0. The van der Waals surface area contributed by atoms with Crippen LogP contribution < -0.4 is 5.32 Å². The molecular weight excluding hydrogens is 243 g/mol. The van der Waals surface area contributed by atoms with Gasteiger partial charge in [-0.2, -0.15) is 0 Å². The van der Waals surface area contributed by atoms with Gasteiger partial charge in [-0.05, 0) is 18.4 Å². The number of hydrogen-bond acceptors (Lipinski definition) is 2. The quantitative estimate of drug-likeness (QED) is 0.829. The molecule has 1 aromatic rings. The van der Waals surface area contributed by atoms with Crippen LogP contribution in [0.1, 0.15) is 38.1 Å². The minimum Gasteiger partial charge on any atom is -0.349 e. The van der Waals surface area contributed by atoms with Gasteiger partial charge in [-0.15, -0.1) is 0 Å². The molecule has 1 rings (SSSR count). The minimum absolute atomic E-state index is 0.00464. The first-order chi connectivity index (χ1) is 7.71. The van der Waals surface area contributed by atoms with Crippen LogP contribution >= 0.6 is 11.6 Å². The van der Waals surface area contributed by atoms with Crippen molar-refractivity contribution in [1.82, 2.24) is 10.3 Å². The van der Waals surface area contributed by atoms with E-state index in [1.54, 1.807) is 0 Å². The Balaban J connectivity index is 2.87. The number of aromatic nitrogens is 1. The molecule has 1 atom stereocenters. The third kappa shape index (κ3) is 3.66. The lowest BCUT2D eigenvalue weighted by Crippen LogP contribution is -2.41. The van der Waals surface area contributed by atoms with Gasteiger partial charge in [0.25, 0.3) is 5.91 Å². The molecule has 0 spiro atoms. The summed E-state index contributed by atoms with van der Waals surface area (Å²) < 4.78 is 13.0. The lowest BCUT2D eigenvalue weighted by molar-refractivity contribution is 0.0909. The van der Waals surface area contributed by atoms with Gasteiger partial charge in [0, 0.05) is 6.04 Å². The predicted molar refractivity (Wildman–Crippen MR) is 65.6 cm³/mol. The number of halogens is 2. The summed E-state index contributed by atoms with van der Waals surface area (Å²) in [6.45, 7) is 7.90. The highest BCUT2D eigenvalue weighted by Gasteiger charge is 2.23. The van der Waals surface area contributed by atoms with E-state index in [1.165, 1.54) is 0 Å². The van der Waals surface area contributed by atoms with E-state index in [2.05, 4.69) is 10.3 Å². The monoisotopic (exact) mass is 258 g/mol. The Hall–Kier alpha value is -1.16. The third-order valence-electron chi connectivity index (χ3n) is 2.70. The summed E-state index contributed by atoms with van der Waals surface area (Å²) in [7, 11) is 0. The number of hydrogen-bond donors (Lipinski definition) is 1. The van der Waals surface area contributed by atoms with Gasteiger partial charge in [-0.25, -0.2) is 9.37 Å². The molecule has 0 saturated heterocycles. The summed E-state index contributed by atoms with van der Waals surface area (Å²) >= 11 is 5.75. The van der Waals surface area contributed by atoms with Crippen molar-refractivity contribution in [2.24, 2.45) is 5.41 Å². The van der Waals surface area contributed by atoms with Crippen LogP contribution in [0.15, 0.2) is 12.3 Å². The van der Waals surface area contributed by atoms with E-state index in [4.69, 9.17) is 11.6 Å². The Morgan fingerprint density at radius 3 is 2.65 bits per heavy atom. The molecular formula is C12H16ClFN2O. The van der Waals surface area contributed by atoms with E-state index < -0.39 is 11.7 Å². The second-order valence-corrected chi connectivity index (χ2v) is 5.41. The molecule has 17 heavy (non-hydrogen) atoms. The fourth-order valence-corrected chi connectivity index (χ4v) is 1.26. The fraction of sp³-hybridized carbons (Fsp3) is 0.500. The molecule has 3 nitrogen and oxygen atoms in total. The van der Waals surface area contributed by atoms with Crippen LogP contribution in [0.2, 0.25) is 5.15 Å². The highest BCUT2D eigenvalue weighted by Crippen LogP contribution is 2.20. The Kier molecular flexibility index (Phi) is 4.09. The number of amides is 1. The van der Waals surface area contributed by atoms with Crippen LogP contribution in [0.5, 0.6) is 0 Å². The first-order valence-electron chi connectivity index (χ1n) is 5.33. The lowest BCUT2D eigenvalue weighted by Gasteiger charge is -2.28. The molecule has 0 aliphatic carbocycles. The van der Waals surface area contributed by atoms with Crippen molar-refractivity contribution in [3.8, 4) is 0 Å². The van der Waals surface area contributed by atoms with Gasteiger partial charge >= 0.3 is 0 Å². The predicted octanol–water partition coefficient (Wildman–Crippen LogP) is 3.04. The van der Waals surface area contributed by atoms with Gasteiger partial charge in [0.05, 0.1) is 11.8 Å². The summed E-state index contributed by atoms with van der Waals surface area (Å²) in [6, 6.07) is 1.02. The van der Waals surface area contributed by atoms with Crippen LogP contribution in [0.25, 0.3) is 0 Å². The fourth-order valence-electron chi connectivity index (χ4n) is 1.07. The topological polar surface area (TPSA) is 42.0 Å². The number of nitrogens with one attached hydrogen (secondary N) is 1. The molecule has 0 aliphatic heterocycles. The van der Waals surface area contributed by atoms with Gasteiger partial charge in [0.2, 0.25) is 0 Å². The lowest BCUT2D eigenvalue weighted by atomic mass is 9.88. The Labute approximate surface area is 105 Å². The van der Waals surface area contributed by atoms with Crippen LogP contribution in [0, 0.1) is 11.2 Å². The summed E-state index contributed by atoms with van der Waals surface area (Å²) in [5, 5.41) is 2.78. The molecule has 1 amide bonds. The van der Waals surface area contributed by atoms with Crippen molar-refractivity contribution in [1.29, 1.82) is 0 Å². The highest BCUT2D eigenvalue weighted by molar-refractivity contribution is 6.32. The summed E-state index contributed by atoms with van der Waals surface area (Å²) in [6.07, 6.45) is 0.978. The number of pyridine rings is 1. The first kappa shape index (κ1) is 13.9. The Morgan fingerprint density at radius 2 is 2.12 bits per heavy atom. The van der Waals surface area contributed by atoms with E-state index in [9.17, 15) is 9.18 Å². The molecule has 1 aromatic heterocycles. The van der Waals surface area contributed by atoms with E-state index in [1.807, 2.05) is 27.7 Å². The van der Waals surface area contributed by atoms with Gasteiger partial charge in [0.15, 0.2) is 0 Å². The number of rotatable bonds is 2. The Bertz CT molecular complexity index is 429. The second kappa shape index (κ2) is 5.00. The van der Waals surface area contributed by atoms with Gasteiger partial charge in [-0.1, -0.05) is 32.4 Å². The zero-order valence-electron chi connectivity index (χ0n) is 10.3. The van der Waals surface area contributed by atoms with Crippen molar-refractivity contribution in [3.05, 3.63) is 28.8 Å². The number of nitrogens with zero attached hydrogens (tertiary/aromatic N) is 1.